The van der Waals surface area contributed by atoms with Gasteiger partial charge in [0.1, 0.15) is 0 Å². The van der Waals surface area contributed by atoms with E-state index < -0.39 is 40.3 Å². The first-order valence-electron chi connectivity index (χ1n) is 13.2. The normalized spacial score (nSPS) is 15.6. The Bertz CT molecular complexity index is 1450. The number of halogens is 6. The van der Waals surface area contributed by atoms with Crippen molar-refractivity contribution in [3.05, 3.63) is 40.9 Å². The summed E-state index contributed by atoms with van der Waals surface area (Å²) in [6.45, 7) is 7.90. The van der Waals surface area contributed by atoms with Crippen molar-refractivity contribution in [2.75, 3.05) is 0 Å². The Morgan fingerprint density at radius 1 is 0.976 bits per heavy atom. The lowest BCUT2D eigenvalue weighted by Crippen LogP contribution is -2.54. The van der Waals surface area contributed by atoms with Gasteiger partial charge in [-0.15, -0.1) is 21.5 Å². The van der Waals surface area contributed by atoms with Crippen LogP contribution in [0.25, 0.3) is 21.3 Å². The number of carbonyl (C=O) groups is 1. The summed E-state index contributed by atoms with van der Waals surface area (Å²) in [4.78, 5) is 16.4. The number of aliphatic carboxylic acids is 1. The number of thiazole rings is 1. The van der Waals surface area contributed by atoms with Crippen LogP contribution in [0.5, 0.6) is 0 Å². The van der Waals surface area contributed by atoms with Gasteiger partial charge in [0.2, 0.25) is 5.89 Å². The Labute approximate surface area is 242 Å². The molecular weight excluding hydrogens is 588 g/mol. The molecule has 2 N–H and O–H groups in total. The predicted molar refractivity (Wildman–Crippen MR) is 142 cm³/mol. The molecular formula is C28H31F6N3O4S. The van der Waals surface area contributed by atoms with Gasteiger partial charge in [-0.1, -0.05) is 46.1 Å². The van der Waals surface area contributed by atoms with E-state index in [-0.39, 0.29) is 40.3 Å². The van der Waals surface area contributed by atoms with Crippen LogP contribution in [0.1, 0.15) is 76.6 Å². The maximum Gasteiger partial charge on any atom is 0.430 e. The average Bonchev–Trinajstić information content (AvgIpc) is 3.45. The Hall–Kier alpha value is -3.00. The highest BCUT2D eigenvalue weighted by Gasteiger charge is 2.71. The molecule has 0 spiro atoms. The molecule has 1 fully saturated rings. The molecule has 0 saturated heterocycles. The predicted octanol–water partition coefficient (Wildman–Crippen LogP) is 7.47. The number of hydrogen-bond donors (Lipinski definition) is 2. The van der Waals surface area contributed by atoms with Gasteiger partial charge in [0.05, 0.1) is 16.0 Å². The van der Waals surface area contributed by atoms with Crippen LogP contribution in [-0.2, 0) is 28.7 Å². The summed E-state index contributed by atoms with van der Waals surface area (Å²) in [5.74, 6) is -0.853. The molecule has 4 rings (SSSR count). The number of aliphatic hydroxyl groups is 1. The fourth-order valence-electron chi connectivity index (χ4n) is 4.53. The fourth-order valence-corrected chi connectivity index (χ4v) is 5.53. The van der Waals surface area contributed by atoms with Crippen LogP contribution in [0.3, 0.4) is 0 Å². The molecule has 1 aliphatic carbocycles. The number of rotatable bonds is 8. The number of benzene rings is 1. The van der Waals surface area contributed by atoms with Crippen molar-refractivity contribution in [3.8, 4) is 21.3 Å². The van der Waals surface area contributed by atoms with E-state index in [0.29, 0.717) is 23.1 Å². The Kier molecular flexibility index (Phi) is 8.07. The quantitative estimate of drug-likeness (QED) is 0.252. The minimum Gasteiger partial charge on any atom is -0.481 e. The number of nitrogens with zero attached hydrogens (tertiary/aromatic N) is 3. The molecule has 1 saturated carbocycles. The van der Waals surface area contributed by atoms with Crippen molar-refractivity contribution in [1.82, 2.24) is 15.2 Å². The molecule has 42 heavy (non-hydrogen) atoms. The third-order valence-electron chi connectivity index (χ3n) is 7.53. The van der Waals surface area contributed by atoms with Crippen molar-refractivity contribution in [3.63, 3.8) is 0 Å². The Balaban J connectivity index is 1.89. The molecule has 2 heterocycles. The van der Waals surface area contributed by atoms with Gasteiger partial charge in [-0.25, -0.2) is 4.98 Å². The van der Waals surface area contributed by atoms with Crippen LogP contribution in [0.4, 0.5) is 26.3 Å². The molecule has 3 aromatic rings. The Morgan fingerprint density at radius 2 is 1.57 bits per heavy atom. The molecule has 0 radical (unpaired) electrons. The standard InChI is InChI=1S/C28H31F6N3O4S/c1-24(2,3)16-10-15(11-17(12-16)26(40,27(29,30)31)28(32,33)34)20-18(9-14-7-6-8-14)35-22(42-20)21-37-36-19(41-21)13-25(4,5)23(38)39/h10-12,14,40H,6-9,13H2,1-5H3,(H,38,39). The second-order valence-corrected chi connectivity index (χ2v) is 13.4. The van der Waals surface area contributed by atoms with Gasteiger partial charge in [0.25, 0.3) is 11.5 Å². The molecule has 0 amide bonds. The van der Waals surface area contributed by atoms with Crippen molar-refractivity contribution >= 4 is 17.3 Å². The van der Waals surface area contributed by atoms with E-state index >= 15 is 0 Å². The summed E-state index contributed by atoms with van der Waals surface area (Å²) < 4.78 is 89.1. The van der Waals surface area contributed by atoms with Crippen LogP contribution < -0.4 is 0 Å². The highest BCUT2D eigenvalue weighted by atomic mass is 32.1. The molecule has 0 atom stereocenters. The molecule has 0 bridgehead atoms. The third kappa shape index (κ3) is 6.05. The molecule has 0 aliphatic heterocycles. The molecule has 0 unspecified atom stereocenters. The van der Waals surface area contributed by atoms with Gasteiger partial charge in [0, 0.05) is 12.0 Å². The Morgan fingerprint density at radius 3 is 2.07 bits per heavy atom. The first-order valence-corrected chi connectivity index (χ1v) is 14.0. The van der Waals surface area contributed by atoms with E-state index in [1.54, 1.807) is 20.8 Å². The maximum atomic E-state index is 13.9. The van der Waals surface area contributed by atoms with Crippen LogP contribution in [0.15, 0.2) is 22.6 Å². The third-order valence-corrected chi connectivity index (χ3v) is 8.66. The van der Waals surface area contributed by atoms with E-state index in [4.69, 9.17) is 4.42 Å². The minimum absolute atomic E-state index is 0.0344. The second-order valence-electron chi connectivity index (χ2n) is 12.4. The summed E-state index contributed by atoms with van der Waals surface area (Å²) in [5.41, 5.74) is -7.88. The van der Waals surface area contributed by atoms with E-state index in [2.05, 4.69) is 15.2 Å². The molecule has 7 nitrogen and oxygen atoms in total. The zero-order valence-corrected chi connectivity index (χ0v) is 24.4. The highest BCUT2D eigenvalue weighted by Crippen LogP contribution is 2.52. The van der Waals surface area contributed by atoms with Crippen LogP contribution >= 0.6 is 11.3 Å². The SMILES string of the molecule is CC(C)(Cc1nnc(-c2nc(CC3CCC3)c(-c3cc(C(C)(C)C)cc(C(O)(C(F)(F)F)C(F)(F)F)c3)s2)o1)C(=O)O. The van der Waals surface area contributed by atoms with Gasteiger partial charge in [0.15, 0.2) is 5.01 Å². The van der Waals surface area contributed by atoms with E-state index in [9.17, 15) is 41.4 Å². The smallest absolute Gasteiger partial charge is 0.430 e. The lowest BCUT2D eigenvalue weighted by molar-refractivity contribution is -0.376. The molecule has 1 aromatic carbocycles. The first kappa shape index (κ1) is 31.9. The number of alkyl halides is 6. The summed E-state index contributed by atoms with van der Waals surface area (Å²) in [6.07, 6.45) is -8.94. The number of carboxylic acid groups (broad SMARTS) is 1. The molecule has 1 aliphatic rings. The average molecular weight is 620 g/mol. The van der Waals surface area contributed by atoms with Crippen molar-refractivity contribution in [1.29, 1.82) is 0 Å². The van der Waals surface area contributed by atoms with Crippen molar-refractivity contribution in [2.24, 2.45) is 11.3 Å². The van der Waals surface area contributed by atoms with E-state index in [1.807, 2.05) is 0 Å². The number of aromatic nitrogens is 3. The monoisotopic (exact) mass is 619 g/mol. The summed E-state index contributed by atoms with van der Waals surface area (Å²) in [6, 6.07) is 2.96. The zero-order chi connectivity index (χ0) is 31.5. The molecule has 230 valence electrons. The van der Waals surface area contributed by atoms with Crippen LogP contribution in [0.2, 0.25) is 0 Å². The van der Waals surface area contributed by atoms with Crippen LogP contribution in [-0.4, -0.2) is 43.7 Å². The van der Waals surface area contributed by atoms with Crippen molar-refractivity contribution < 1.29 is 45.8 Å². The van der Waals surface area contributed by atoms with Gasteiger partial charge in [-0.2, -0.15) is 26.3 Å². The summed E-state index contributed by atoms with van der Waals surface area (Å²) >= 11 is 0.966. The van der Waals surface area contributed by atoms with Crippen LogP contribution in [0, 0.1) is 11.3 Å². The highest BCUT2D eigenvalue weighted by molar-refractivity contribution is 7.18. The zero-order valence-electron chi connectivity index (χ0n) is 23.6. The first-order chi connectivity index (χ1) is 19.1. The molecule has 2 aromatic heterocycles. The topological polar surface area (TPSA) is 109 Å². The lowest BCUT2D eigenvalue weighted by Gasteiger charge is -2.34. The maximum absolute atomic E-state index is 13.9. The largest absolute Gasteiger partial charge is 0.481 e. The van der Waals surface area contributed by atoms with E-state index in [0.717, 1.165) is 36.7 Å². The van der Waals surface area contributed by atoms with Crippen molar-refractivity contribution in [2.45, 2.75) is 90.1 Å². The lowest BCUT2D eigenvalue weighted by atomic mass is 9.80. The summed E-state index contributed by atoms with van der Waals surface area (Å²) in [7, 11) is 0. The van der Waals surface area contributed by atoms with Gasteiger partial charge >= 0.3 is 18.3 Å². The van der Waals surface area contributed by atoms with Gasteiger partial charge < -0.3 is 14.6 Å². The fraction of sp³-hybridized carbons (Fsp3) is 0.571. The van der Waals surface area contributed by atoms with Gasteiger partial charge in [-0.3, -0.25) is 4.79 Å². The minimum atomic E-state index is -6.05. The molecule has 14 heteroatoms. The van der Waals surface area contributed by atoms with Gasteiger partial charge in [-0.05, 0) is 54.9 Å². The summed E-state index contributed by atoms with van der Waals surface area (Å²) in [5, 5.41) is 27.7. The van der Waals surface area contributed by atoms with E-state index in [1.165, 1.54) is 19.9 Å². The number of carboxylic acids is 1. The second kappa shape index (κ2) is 10.6. The number of hydrogen-bond acceptors (Lipinski definition) is 7.